The Morgan fingerprint density at radius 2 is 1.84 bits per heavy atom. The molecule has 2 aliphatic heterocycles. The Kier molecular flexibility index (Phi) is 3.88. The quantitative estimate of drug-likeness (QED) is 0.839. The van der Waals surface area contributed by atoms with E-state index >= 15 is 0 Å². The molecule has 0 spiro atoms. The molecule has 130 valence electrons. The molecule has 0 N–H and O–H groups in total. The second-order valence-corrected chi connectivity index (χ2v) is 6.56. The predicted octanol–water partition coefficient (Wildman–Crippen LogP) is 2.39. The third-order valence-electron chi connectivity index (χ3n) is 4.48. The number of benzene rings is 1. The summed E-state index contributed by atoms with van der Waals surface area (Å²) >= 11 is 0. The summed E-state index contributed by atoms with van der Waals surface area (Å²) < 4.78 is 18.9. The molecule has 1 fully saturated rings. The monoisotopic (exact) mass is 342 g/mol. The van der Waals surface area contributed by atoms with Gasteiger partial charge < -0.3 is 14.5 Å². The third kappa shape index (κ3) is 2.95. The van der Waals surface area contributed by atoms with Crippen LogP contribution < -0.4 is 9.80 Å². The number of anilines is 2. The van der Waals surface area contributed by atoms with Gasteiger partial charge in [0.15, 0.2) is 0 Å². The average molecular weight is 342 g/mol. The van der Waals surface area contributed by atoms with Crippen molar-refractivity contribution in [2.75, 3.05) is 22.9 Å². The lowest BCUT2D eigenvalue weighted by Crippen LogP contribution is -2.46. The number of nitrogens with zero attached hydrogens (tertiary/aromatic N) is 4. The lowest BCUT2D eigenvalue weighted by atomic mass is 10.2. The van der Waals surface area contributed by atoms with Gasteiger partial charge in [-0.3, -0.25) is 4.79 Å². The zero-order valence-corrected chi connectivity index (χ0v) is 14.1. The van der Waals surface area contributed by atoms with Crippen molar-refractivity contribution in [1.82, 2.24) is 9.97 Å². The predicted molar refractivity (Wildman–Crippen MR) is 91.2 cm³/mol. The molecule has 6 nitrogen and oxygen atoms in total. The van der Waals surface area contributed by atoms with Crippen molar-refractivity contribution < 1.29 is 13.9 Å². The number of fused-ring (bicyclic) bond motifs is 1. The first-order valence-electron chi connectivity index (χ1n) is 8.35. The second kappa shape index (κ2) is 6.07. The van der Waals surface area contributed by atoms with E-state index in [1.165, 1.54) is 12.1 Å². The number of hydrogen-bond donors (Lipinski definition) is 0. The van der Waals surface area contributed by atoms with Crippen LogP contribution in [0, 0.1) is 5.82 Å². The van der Waals surface area contributed by atoms with Crippen LogP contribution >= 0.6 is 0 Å². The van der Waals surface area contributed by atoms with Crippen molar-refractivity contribution >= 4 is 17.5 Å². The molecule has 0 radical (unpaired) electrons. The molecule has 2 unspecified atom stereocenters. The fourth-order valence-electron chi connectivity index (χ4n) is 3.40. The first-order valence-corrected chi connectivity index (χ1v) is 8.35. The average Bonchev–Trinajstić information content (AvgIpc) is 2.91. The fourth-order valence-corrected chi connectivity index (χ4v) is 3.40. The Bertz CT molecular complexity index is 801. The number of morpholine rings is 1. The SMILES string of the molecule is CC1CN(c2ncc3c(n2)CN(c2ccc(F)cc2)C3=O)CC(C)O1. The Morgan fingerprint density at radius 3 is 2.52 bits per heavy atom. The number of carbonyl (C=O) groups is 1. The Hall–Kier alpha value is -2.54. The van der Waals surface area contributed by atoms with E-state index in [-0.39, 0.29) is 23.9 Å². The van der Waals surface area contributed by atoms with E-state index in [0.717, 1.165) is 13.1 Å². The minimum atomic E-state index is -0.328. The summed E-state index contributed by atoms with van der Waals surface area (Å²) in [5, 5.41) is 0. The van der Waals surface area contributed by atoms with E-state index in [1.807, 2.05) is 13.8 Å². The smallest absolute Gasteiger partial charge is 0.262 e. The molecule has 2 aromatic rings. The van der Waals surface area contributed by atoms with Gasteiger partial charge in [0, 0.05) is 25.0 Å². The number of amides is 1. The highest BCUT2D eigenvalue weighted by atomic mass is 19.1. The lowest BCUT2D eigenvalue weighted by Gasteiger charge is -2.35. The lowest BCUT2D eigenvalue weighted by molar-refractivity contribution is -0.00573. The molecule has 1 aromatic heterocycles. The van der Waals surface area contributed by atoms with E-state index in [1.54, 1.807) is 23.2 Å². The van der Waals surface area contributed by atoms with Crippen molar-refractivity contribution in [3.8, 4) is 0 Å². The minimum absolute atomic E-state index is 0.109. The van der Waals surface area contributed by atoms with Gasteiger partial charge >= 0.3 is 0 Å². The fraction of sp³-hybridized carbons (Fsp3) is 0.389. The molecule has 7 heteroatoms. The number of halogens is 1. The van der Waals surface area contributed by atoms with Crippen LogP contribution in [0.25, 0.3) is 0 Å². The zero-order chi connectivity index (χ0) is 17.6. The maximum Gasteiger partial charge on any atom is 0.262 e. The number of carbonyl (C=O) groups excluding carboxylic acids is 1. The summed E-state index contributed by atoms with van der Waals surface area (Å²) in [6.45, 7) is 5.86. The molecular weight excluding hydrogens is 323 g/mol. The largest absolute Gasteiger partial charge is 0.372 e. The van der Waals surface area contributed by atoms with E-state index < -0.39 is 0 Å². The molecule has 1 amide bonds. The van der Waals surface area contributed by atoms with Crippen LogP contribution in [0.4, 0.5) is 16.0 Å². The Morgan fingerprint density at radius 1 is 1.16 bits per heavy atom. The summed E-state index contributed by atoms with van der Waals surface area (Å²) in [5.41, 5.74) is 1.85. The van der Waals surface area contributed by atoms with Crippen molar-refractivity contribution in [2.45, 2.75) is 32.6 Å². The highest BCUT2D eigenvalue weighted by molar-refractivity contribution is 6.09. The van der Waals surface area contributed by atoms with Gasteiger partial charge in [0.1, 0.15) is 5.82 Å². The van der Waals surface area contributed by atoms with Crippen LogP contribution in [0.2, 0.25) is 0 Å². The van der Waals surface area contributed by atoms with Crippen LogP contribution in [-0.4, -0.2) is 41.2 Å². The Balaban J connectivity index is 1.60. The normalized spacial score (nSPS) is 23.1. The maximum atomic E-state index is 13.1. The summed E-state index contributed by atoms with van der Waals surface area (Å²) in [6, 6.07) is 5.88. The van der Waals surface area contributed by atoms with Crippen LogP contribution in [-0.2, 0) is 11.3 Å². The molecule has 3 heterocycles. The number of hydrogen-bond acceptors (Lipinski definition) is 5. The number of rotatable bonds is 2. The molecule has 2 aliphatic rings. The first kappa shape index (κ1) is 16.0. The van der Waals surface area contributed by atoms with Gasteiger partial charge in [0.2, 0.25) is 5.95 Å². The standard InChI is InChI=1S/C18H19FN4O2/c1-11-8-22(9-12(2)25-11)18-20-7-15-16(21-18)10-23(17(15)24)14-5-3-13(19)4-6-14/h3-7,11-12H,8-10H2,1-2H3. The van der Waals surface area contributed by atoms with E-state index in [0.29, 0.717) is 29.4 Å². The van der Waals surface area contributed by atoms with Gasteiger partial charge in [-0.25, -0.2) is 14.4 Å². The van der Waals surface area contributed by atoms with Gasteiger partial charge in [0.25, 0.3) is 5.91 Å². The minimum Gasteiger partial charge on any atom is -0.372 e. The molecule has 1 saturated heterocycles. The van der Waals surface area contributed by atoms with Crippen LogP contribution in [0.5, 0.6) is 0 Å². The molecule has 1 aromatic carbocycles. The highest BCUT2D eigenvalue weighted by Gasteiger charge is 2.32. The summed E-state index contributed by atoms with van der Waals surface area (Å²) in [4.78, 5) is 25.3. The summed E-state index contributed by atoms with van der Waals surface area (Å²) in [5.74, 6) is 0.136. The van der Waals surface area contributed by atoms with Gasteiger partial charge in [-0.15, -0.1) is 0 Å². The second-order valence-electron chi connectivity index (χ2n) is 6.56. The number of ether oxygens (including phenoxy) is 1. The van der Waals surface area contributed by atoms with Crippen molar-refractivity contribution in [3.63, 3.8) is 0 Å². The molecule has 4 rings (SSSR count). The molecule has 2 atom stereocenters. The topological polar surface area (TPSA) is 58.6 Å². The Labute approximate surface area is 145 Å². The third-order valence-corrected chi connectivity index (χ3v) is 4.48. The molecule has 25 heavy (non-hydrogen) atoms. The molecule has 0 bridgehead atoms. The van der Waals surface area contributed by atoms with Crippen LogP contribution in [0.1, 0.15) is 29.9 Å². The van der Waals surface area contributed by atoms with Crippen LogP contribution in [0.3, 0.4) is 0 Å². The van der Waals surface area contributed by atoms with Crippen LogP contribution in [0.15, 0.2) is 30.5 Å². The molecular formula is C18H19FN4O2. The zero-order valence-electron chi connectivity index (χ0n) is 14.1. The maximum absolute atomic E-state index is 13.1. The van der Waals surface area contributed by atoms with Crippen molar-refractivity contribution in [3.05, 3.63) is 47.5 Å². The van der Waals surface area contributed by atoms with Gasteiger partial charge in [-0.1, -0.05) is 0 Å². The molecule has 0 saturated carbocycles. The van der Waals surface area contributed by atoms with E-state index in [9.17, 15) is 9.18 Å². The van der Waals surface area contributed by atoms with E-state index in [4.69, 9.17) is 4.74 Å². The van der Waals surface area contributed by atoms with Gasteiger partial charge in [-0.2, -0.15) is 0 Å². The molecule has 0 aliphatic carbocycles. The number of aromatic nitrogens is 2. The first-order chi connectivity index (χ1) is 12.0. The highest BCUT2D eigenvalue weighted by Crippen LogP contribution is 2.28. The van der Waals surface area contributed by atoms with Crippen molar-refractivity contribution in [1.29, 1.82) is 0 Å². The summed E-state index contributed by atoms with van der Waals surface area (Å²) in [7, 11) is 0. The van der Waals surface area contributed by atoms with Gasteiger partial charge in [-0.05, 0) is 38.1 Å². The van der Waals surface area contributed by atoms with Gasteiger partial charge in [0.05, 0.1) is 30.0 Å². The summed E-state index contributed by atoms with van der Waals surface area (Å²) in [6.07, 6.45) is 1.81. The van der Waals surface area contributed by atoms with Crippen molar-refractivity contribution in [2.24, 2.45) is 0 Å². The van der Waals surface area contributed by atoms with E-state index in [2.05, 4.69) is 14.9 Å².